The number of hydrogen-bond donors (Lipinski definition) is 1. The third kappa shape index (κ3) is 51.8. The molecular formula is C62H109N2O7P. The predicted octanol–water partition coefficient (Wildman–Crippen LogP) is 17.0. The van der Waals surface area contributed by atoms with Crippen LogP contribution in [0.2, 0.25) is 0 Å². The number of amides is 1. The molecule has 0 aliphatic heterocycles. The highest BCUT2D eigenvalue weighted by Crippen LogP contribution is 2.38. The van der Waals surface area contributed by atoms with E-state index in [0.717, 1.165) is 77.0 Å². The van der Waals surface area contributed by atoms with E-state index < -0.39 is 26.6 Å². The van der Waals surface area contributed by atoms with Gasteiger partial charge in [0.15, 0.2) is 0 Å². The van der Waals surface area contributed by atoms with Crippen molar-refractivity contribution in [1.29, 1.82) is 0 Å². The van der Waals surface area contributed by atoms with Crippen LogP contribution < -0.4 is 10.2 Å². The van der Waals surface area contributed by atoms with Crippen molar-refractivity contribution in [2.24, 2.45) is 0 Å². The fourth-order valence-electron chi connectivity index (χ4n) is 7.90. The summed E-state index contributed by atoms with van der Waals surface area (Å²) in [5.74, 6) is -0.602. The maximum absolute atomic E-state index is 13.5. The van der Waals surface area contributed by atoms with Crippen LogP contribution in [0.1, 0.15) is 233 Å². The summed E-state index contributed by atoms with van der Waals surface area (Å²) >= 11 is 0. The van der Waals surface area contributed by atoms with Gasteiger partial charge in [-0.2, -0.15) is 0 Å². The van der Waals surface area contributed by atoms with E-state index in [2.05, 4.69) is 50.4 Å². The lowest BCUT2D eigenvalue weighted by Gasteiger charge is -2.30. The first-order valence-corrected chi connectivity index (χ1v) is 30.6. The van der Waals surface area contributed by atoms with Crippen molar-refractivity contribution in [3.63, 3.8) is 0 Å². The third-order valence-electron chi connectivity index (χ3n) is 12.4. The lowest BCUT2D eigenvalue weighted by Crippen LogP contribution is -2.47. The molecule has 0 spiro atoms. The molecule has 0 aromatic carbocycles. The van der Waals surface area contributed by atoms with Gasteiger partial charge < -0.3 is 28.5 Å². The largest absolute Gasteiger partial charge is 0.756 e. The summed E-state index contributed by atoms with van der Waals surface area (Å²) in [6.07, 6.45) is 67.9. The van der Waals surface area contributed by atoms with Crippen molar-refractivity contribution in [3.8, 4) is 0 Å². The van der Waals surface area contributed by atoms with E-state index in [0.29, 0.717) is 23.9 Å². The molecule has 0 bridgehead atoms. The summed E-state index contributed by atoms with van der Waals surface area (Å²) in [6.45, 7) is 6.64. The van der Waals surface area contributed by atoms with Gasteiger partial charge in [-0.3, -0.25) is 14.2 Å². The van der Waals surface area contributed by atoms with Crippen LogP contribution in [0.5, 0.6) is 0 Å². The third-order valence-corrected chi connectivity index (χ3v) is 13.4. The molecule has 0 saturated carbocycles. The summed E-state index contributed by atoms with van der Waals surface area (Å²) in [6, 6.07) is -0.914. The number of phosphoric acid groups is 1. The van der Waals surface area contributed by atoms with E-state index in [4.69, 9.17) is 13.8 Å². The minimum absolute atomic E-state index is 0.0353. The maximum Gasteiger partial charge on any atom is 0.306 e. The van der Waals surface area contributed by atoms with Crippen LogP contribution in [-0.4, -0.2) is 69.4 Å². The molecule has 0 saturated heterocycles. The summed E-state index contributed by atoms with van der Waals surface area (Å²) in [5.41, 5.74) is 0. The van der Waals surface area contributed by atoms with E-state index >= 15 is 0 Å². The average molecular weight is 1030 g/mol. The highest BCUT2D eigenvalue weighted by Gasteiger charge is 2.27. The molecule has 3 unspecified atom stereocenters. The number of nitrogens with one attached hydrogen (secondary N) is 1. The molecule has 0 aromatic rings. The number of unbranched alkanes of at least 4 members (excludes halogenated alkanes) is 26. The Morgan fingerprint density at radius 3 is 1.39 bits per heavy atom. The van der Waals surface area contributed by atoms with Gasteiger partial charge in [0, 0.05) is 12.8 Å². The number of carbonyl (C=O) groups excluding carboxylic acids is 2. The van der Waals surface area contributed by atoms with Crippen LogP contribution in [0.3, 0.4) is 0 Å². The fraction of sp³-hybridized carbons (Fsp3) is 0.710. The van der Waals surface area contributed by atoms with Gasteiger partial charge >= 0.3 is 5.97 Å². The molecule has 0 heterocycles. The normalized spacial score (nSPS) is 14.5. The lowest BCUT2D eigenvalue weighted by atomic mass is 10.0. The van der Waals surface area contributed by atoms with Crippen molar-refractivity contribution in [1.82, 2.24) is 5.32 Å². The molecule has 0 fully saturated rings. The van der Waals surface area contributed by atoms with Crippen LogP contribution in [0.15, 0.2) is 97.2 Å². The Labute approximate surface area is 443 Å². The van der Waals surface area contributed by atoms with Gasteiger partial charge in [-0.15, -0.1) is 0 Å². The van der Waals surface area contributed by atoms with E-state index in [-0.39, 0.29) is 24.9 Å². The molecule has 10 heteroatoms. The van der Waals surface area contributed by atoms with Gasteiger partial charge in [-0.1, -0.05) is 240 Å². The Hall–Kier alpha value is -3.07. The molecular weight excluding hydrogens is 916 g/mol. The molecule has 0 aliphatic rings. The number of rotatable bonds is 51. The lowest BCUT2D eigenvalue weighted by molar-refractivity contribution is -0.870. The van der Waals surface area contributed by atoms with E-state index in [1.165, 1.54) is 116 Å². The minimum atomic E-state index is -4.71. The van der Waals surface area contributed by atoms with Crippen molar-refractivity contribution >= 4 is 19.7 Å². The first-order valence-electron chi connectivity index (χ1n) is 29.1. The zero-order valence-corrected chi connectivity index (χ0v) is 48.0. The van der Waals surface area contributed by atoms with Crippen LogP contribution in [0, 0.1) is 0 Å². The molecule has 3 atom stereocenters. The standard InChI is InChI=1S/C62H109N2O7P/c1-7-10-13-16-19-22-25-28-30-32-34-36-39-42-45-48-51-54-61(65)63-59(58-70-72(67,68)69-57-56-64(4,5)6)60(53-50-47-44-41-38-27-24-21-18-15-12-9-3)71-62(66)55-52-49-46-43-40-37-35-33-31-29-26-23-20-17-14-11-8-2/h11,14,17,20,23,26,28-31,33,35,37,40,50,53,59-60H,7-10,12-13,15-16,18-19,21-22,24-25,27,32,34,36,38-39,41-49,51-52,54-58H2,1-6H3,(H-,63,65,67,68)/b14-11-,20-17+,26-23+,30-28+,31-29-,35-33+,40-37+,53-50+. The number of allylic oxidation sites excluding steroid dienone is 15. The topological polar surface area (TPSA) is 114 Å². The molecule has 0 rings (SSSR count). The molecule has 414 valence electrons. The SMILES string of the molecule is CC\C=C/C=C/C=C/C=C\C=C\C=C\CCCCCC(=O)OC(/C=C/CCCCCCCCCCCC)C(COP(=O)([O-])OCC[N+](C)(C)C)NC(=O)CCCCCCCCC/C=C/CCCCCCCC. The number of nitrogens with zero attached hydrogens (tertiary/aromatic N) is 1. The Balaban J connectivity index is 5.43. The van der Waals surface area contributed by atoms with E-state index in [1.807, 2.05) is 94.1 Å². The smallest absolute Gasteiger partial charge is 0.306 e. The zero-order chi connectivity index (χ0) is 52.9. The summed E-state index contributed by atoms with van der Waals surface area (Å²) in [7, 11) is 1.14. The monoisotopic (exact) mass is 1020 g/mol. The number of phosphoric ester groups is 1. The Bertz CT molecular complexity index is 1560. The average Bonchev–Trinajstić information content (AvgIpc) is 3.34. The first-order chi connectivity index (χ1) is 34.9. The number of carbonyl (C=O) groups is 2. The van der Waals surface area contributed by atoms with Gasteiger partial charge in [0.1, 0.15) is 19.3 Å². The Morgan fingerprint density at radius 2 is 0.903 bits per heavy atom. The maximum atomic E-state index is 13.5. The number of likely N-dealkylation sites (N-methyl/N-ethyl adjacent to an activating group) is 1. The molecule has 0 radical (unpaired) electrons. The summed E-state index contributed by atoms with van der Waals surface area (Å²) in [5, 5.41) is 3.01. The molecule has 72 heavy (non-hydrogen) atoms. The highest BCUT2D eigenvalue weighted by atomic mass is 31.2. The zero-order valence-electron chi connectivity index (χ0n) is 47.1. The van der Waals surface area contributed by atoms with E-state index in [1.54, 1.807) is 0 Å². The minimum Gasteiger partial charge on any atom is -0.756 e. The predicted molar refractivity (Wildman–Crippen MR) is 307 cm³/mol. The Kier molecular flexibility index (Phi) is 49.2. The number of ether oxygens (including phenoxy) is 1. The molecule has 9 nitrogen and oxygen atoms in total. The van der Waals surface area contributed by atoms with Crippen LogP contribution >= 0.6 is 7.82 Å². The van der Waals surface area contributed by atoms with Gasteiger partial charge in [0.2, 0.25) is 5.91 Å². The van der Waals surface area contributed by atoms with Gasteiger partial charge in [-0.05, 0) is 76.7 Å². The second kappa shape index (κ2) is 51.4. The van der Waals surface area contributed by atoms with Crippen LogP contribution in [0.4, 0.5) is 0 Å². The molecule has 1 N–H and O–H groups in total. The van der Waals surface area contributed by atoms with Crippen LogP contribution in [-0.2, 0) is 27.9 Å². The van der Waals surface area contributed by atoms with Gasteiger partial charge in [-0.25, -0.2) is 0 Å². The van der Waals surface area contributed by atoms with Gasteiger partial charge in [0.25, 0.3) is 7.82 Å². The summed E-state index contributed by atoms with van der Waals surface area (Å²) in [4.78, 5) is 39.9. The first kappa shape index (κ1) is 68.9. The van der Waals surface area contributed by atoms with Crippen molar-refractivity contribution < 1.29 is 37.3 Å². The van der Waals surface area contributed by atoms with Crippen molar-refractivity contribution in [2.75, 3.05) is 40.9 Å². The molecule has 1 amide bonds. The fourth-order valence-corrected chi connectivity index (χ4v) is 8.62. The van der Waals surface area contributed by atoms with Gasteiger partial charge in [0.05, 0.1) is 33.8 Å². The second-order valence-corrected chi connectivity index (χ2v) is 22.0. The number of hydrogen-bond acceptors (Lipinski definition) is 7. The Morgan fingerprint density at radius 1 is 0.500 bits per heavy atom. The highest BCUT2D eigenvalue weighted by molar-refractivity contribution is 7.45. The number of esters is 1. The van der Waals surface area contributed by atoms with E-state index in [9.17, 15) is 19.0 Å². The second-order valence-electron chi connectivity index (χ2n) is 20.6. The van der Waals surface area contributed by atoms with Crippen molar-refractivity contribution in [3.05, 3.63) is 97.2 Å². The molecule has 0 aromatic heterocycles. The number of quaternary nitrogens is 1. The molecule has 0 aliphatic carbocycles. The van der Waals surface area contributed by atoms with Crippen molar-refractivity contribution in [2.45, 2.75) is 245 Å². The summed E-state index contributed by atoms with van der Waals surface area (Å²) < 4.78 is 30.2. The quantitative estimate of drug-likeness (QED) is 0.0161. The van der Waals surface area contributed by atoms with Crippen LogP contribution in [0.25, 0.3) is 0 Å².